The molecular weight excluding hydrogens is 222 g/mol. The van der Waals surface area contributed by atoms with E-state index < -0.39 is 28.0 Å². The number of carboxylic acids is 1. The van der Waals surface area contributed by atoms with Gasteiger partial charge in [0.2, 0.25) is 10.0 Å². The van der Waals surface area contributed by atoms with Gasteiger partial charge < -0.3 is 10.2 Å². The number of carbonyl (C=O) groups is 1. The van der Waals surface area contributed by atoms with Gasteiger partial charge in [-0.2, -0.15) is 0 Å². The first-order chi connectivity index (χ1) is 6.68. The lowest BCUT2D eigenvalue weighted by Crippen LogP contribution is -2.42. The van der Waals surface area contributed by atoms with Crippen LogP contribution in [0.5, 0.6) is 0 Å². The van der Waals surface area contributed by atoms with Crippen molar-refractivity contribution in [2.45, 2.75) is 32.3 Å². The number of aliphatic hydroxyl groups is 1. The summed E-state index contributed by atoms with van der Waals surface area (Å²) in [6.07, 6.45) is -0.0297. The maximum Gasteiger partial charge on any atom is 0.306 e. The number of rotatable bonds is 7. The van der Waals surface area contributed by atoms with Gasteiger partial charge in [-0.15, -0.1) is 0 Å². The Morgan fingerprint density at radius 2 is 2.00 bits per heavy atom. The Bertz CT molecular complexity index is 309. The largest absolute Gasteiger partial charge is 0.481 e. The molecule has 3 N–H and O–H groups in total. The Morgan fingerprint density at radius 1 is 1.47 bits per heavy atom. The zero-order valence-electron chi connectivity index (χ0n) is 8.86. The molecule has 0 aromatic rings. The third-order valence-corrected chi connectivity index (χ3v) is 3.21. The number of sulfonamides is 1. The molecule has 0 aromatic carbocycles. The first-order valence-electron chi connectivity index (χ1n) is 4.60. The van der Waals surface area contributed by atoms with E-state index in [-0.39, 0.29) is 12.3 Å². The standard InChI is InChI=1S/C8H17NO5S/c1-3-4-15(13,14)9-6-8(2,12)5-7(10)11/h9,12H,3-6H2,1-2H3,(H,10,11). The number of carboxylic acid groups (broad SMARTS) is 1. The van der Waals surface area contributed by atoms with Gasteiger partial charge in [0, 0.05) is 6.54 Å². The summed E-state index contributed by atoms with van der Waals surface area (Å²) in [5.74, 6) is -1.20. The van der Waals surface area contributed by atoms with E-state index in [1.807, 2.05) is 0 Å². The van der Waals surface area contributed by atoms with E-state index in [4.69, 9.17) is 5.11 Å². The number of nitrogens with one attached hydrogen (secondary N) is 1. The molecule has 0 radical (unpaired) electrons. The van der Waals surface area contributed by atoms with E-state index in [1.54, 1.807) is 6.92 Å². The second kappa shape index (κ2) is 5.43. The lowest BCUT2D eigenvalue weighted by molar-refractivity contribution is -0.141. The van der Waals surface area contributed by atoms with Crippen LogP contribution in [0.15, 0.2) is 0 Å². The summed E-state index contributed by atoms with van der Waals surface area (Å²) < 4.78 is 24.6. The van der Waals surface area contributed by atoms with Crippen molar-refractivity contribution >= 4 is 16.0 Å². The summed E-state index contributed by atoms with van der Waals surface area (Å²) in [4.78, 5) is 10.3. The summed E-state index contributed by atoms with van der Waals surface area (Å²) in [5.41, 5.74) is -1.56. The molecule has 6 nitrogen and oxygen atoms in total. The molecule has 15 heavy (non-hydrogen) atoms. The highest BCUT2D eigenvalue weighted by Crippen LogP contribution is 2.08. The van der Waals surface area contributed by atoms with Crippen LogP contribution < -0.4 is 4.72 Å². The summed E-state index contributed by atoms with van der Waals surface area (Å²) in [7, 11) is -3.40. The van der Waals surface area contributed by atoms with Crippen molar-refractivity contribution in [2.75, 3.05) is 12.3 Å². The molecule has 0 saturated carbocycles. The Hall–Kier alpha value is -0.660. The highest BCUT2D eigenvalue weighted by molar-refractivity contribution is 7.89. The number of aliphatic carboxylic acids is 1. The Kier molecular flexibility index (Phi) is 5.19. The van der Waals surface area contributed by atoms with Gasteiger partial charge in [0.15, 0.2) is 0 Å². The molecule has 0 amide bonds. The van der Waals surface area contributed by atoms with Crippen LogP contribution >= 0.6 is 0 Å². The Balaban J connectivity index is 4.20. The van der Waals surface area contributed by atoms with E-state index >= 15 is 0 Å². The van der Waals surface area contributed by atoms with Crippen LogP contribution in [0.4, 0.5) is 0 Å². The fraction of sp³-hybridized carbons (Fsp3) is 0.875. The van der Waals surface area contributed by atoms with Crippen molar-refractivity contribution in [2.24, 2.45) is 0 Å². The summed E-state index contributed by atoms with van der Waals surface area (Å²) in [5, 5.41) is 18.0. The average molecular weight is 239 g/mol. The third-order valence-electron chi connectivity index (χ3n) is 1.68. The molecule has 90 valence electrons. The zero-order valence-corrected chi connectivity index (χ0v) is 9.67. The van der Waals surface area contributed by atoms with Gasteiger partial charge in [0.25, 0.3) is 0 Å². The SMILES string of the molecule is CCCS(=O)(=O)NCC(C)(O)CC(=O)O. The van der Waals surface area contributed by atoms with Gasteiger partial charge in [0.05, 0.1) is 17.8 Å². The van der Waals surface area contributed by atoms with E-state index in [9.17, 15) is 18.3 Å². The van der Waals surface area contributed by atoms with E-state index in [1.165, 1.54) is 6.92 Å². The fourth-order valence-electron chi connectivity index (χ4n) is 0.995. The fourth-order valence-corrected chi connectivity index (χ4v) is 2.21. The van der Waals surface area contributed by atoms with Gasteiger partial charge in [0.1, 0.15) is 0 Å². The van der Waals surface area contributed by atoms with Crippen LogP contribution in [0, 0.1) is 0 Å². The van der Waals surface area contributed by atoms with Crippen molar-refractivity contribution in [1.82, 2.24) is 4.72 Å². The molecule has 0 aliphatic carbocycles. The lowest BCUT2D eigenvalue weighted by Gasteiger charge is -2.21. The van der Waals surface area contributed by atoms with Gasteiger partial charge in [-0.1, -0.05) is 6.92 Å². The molecule has 0 heterocycles. The minimum atomic E-state index is -3.40. The molecule has 0 spiro atoms. The first-order valence-corrected chi connectivity index (χ1v) is 6.25. The van der Waals surface area contributed by atoms with Crippen LogP contribution in [-0.2, 0) is 14.8 Å². The van der Waals surface area contributed by atoms with Crippen LogP contribution in [0.1, 0.15) is 26.7 Å². The quantitative estimate of drug-likeness (QED) is 0.558. The molecule has 7 heteroatoms. The molecule has 0 rings (SSSR count). The van der Waals surface area contributed by atoms with Crippen LogP contribution in [-0.4, -0.2) is 42.5 Å². The molecule has 1 unspecified atom stereocenters. The third kappa shape index (κ3) is 7.29. The first kappa shape index (κ1) is 14.3. The lowest BCUT2D eigenvalue weighted by atomic mass is 10.0. The van der Waals surface area contributed by atoms with E-state index in [0.29, 0.717) is 6.42 Å². The monoisotopic (exact) mass is 239 g/mol. The van der Waals surface area contributed by atoms with Crippen LogP contribution in [0.3, 0.4) is 0 Å². The number of hydrogen-bond donors (Lipinski definition) is 3. The highest BCUT2D eigenvalue weighted by Gasteiger charge is 2.25. The predicted octanol–water partition coefficient (Wildman–Crippen LogP) is -0.458. The van der Waals surface area contributed by atoms with Crippen molar-refractivity contribution < 1.29 is 23.4 Å². The molecule has 0 aromatic heterocycles. The van der Waals surface area contributed by atoms with Gasteiger partial charge in [-0.25, -0.2) is 13.1 Å². The summed E-state index contributed by atoms with van der Waals surface area (Å²) >= 11 is 0. The Labute approximate surface area is 89.4 Å². The van der Waals surface area contributed by atoms with E-state index in [0.717, 1.165) is 0 Å². The smallest absolute Gasteiger partial charge is 0.306 e. The second-order valence-electron chi connectivity index (χ2n) is 3.71. The van der Waals surface area contributed by atoms with Gasteiger partial charge in [-0.05, 0) is 13.3 Å². The molecular formula is C8H17NO5S. The van der Waals surface area contributed by atoms with Crippen molar-refractivity contribution in [3.8, 4) is 0 Å². The predicted molar refractivity (Wildman–Crippen MR) is 55.0 cm³/mol. The Morgan fingerprint density at radius 3 is 2.40 bits per heavy atom. The summed E-state index contributed by atoms with van der Waals surface area (Å²) in [6.45, 7) is 2.70. The molecule has 0 bridgehead atoms. The van der Waals surface area contributed by atoms with Crippen molar-refractivity contribution in [3.05, 3.63) is 0 Å². The van der Waals surface area contributed by atoms with E-state index in [2.05, 4.69) is 4.72 Å². The summed E-state index contributed by atoms with van der Waals surface area (Å²) in [6, 6.07) is 0. The zero-order chi connectivity index (χ0) is 12.1. The minimum Gasteiger partial charge on any atom is -0.481 e. The van der Waals surface area contributed by atoms with Crippen LogP contribution in [0.2, 0.25) is 0 Å². The van der Waals surface area contributed by atoms with Crippen molar-refractivity contribution in [3.63, 3.8) is 0 Å². The molecule has 0 saturated heterocycles. The van der Waals surface area contributed by atoms with Gasteiger partial charge in [-0.3, -0.25) is 4.79 Å². The number of hydrogen-bond acceptors (Lipinski definition) is 4. The second-order valence-corrected chi connectivity index (χ2v) is 5.63. The van der Waals surface area contributed by atoms with Gasteiger partial charge >= 0.3 is 5.97 Å². The normalized spacial score (nSPS) is 15.9. The highest BCUT2D eigenvalue weighted by atomic mass is 32.2. The molecule has 0 fully saturated rings. The average Bonchev–Trinajstić information content (AvgIpc) is 1.99. The minimum absolute atomic E-state index is 0.0316. The molecule has 0 aliphatic heterocycles. The van der Waals surface area contributed by atoms with Crippen molar-refractivity contribution in [1.29, 1.82) is 0 Å². The maximum absolute atomic E-state index is 11.2. The topological polar surface area (TPSA) is 104 Å². The van der Waals surface area contributed by atoms with Crippen LogP contribution in [0.25, 0.3) is 0 Å². The molecule has 1 atom stereocenters. The maximum atomic E-state index is 11.2. The molecule has 0 aliphatic rings.